The van der Waals surface area contributed by atoms with Gasteiger partial charge in [0.2, 0.25) is 10.0 Å². The average Bonchev–Trinajstić information content (AvgIpc) is 3.06. The molecule has 29 heavy (non-hydrogen) atoms. The van der Waals surface area contributed by atoms with Gasteiger partial charge >= 0.3 is 0 Å². The largest absolute Gasteiger partial charge is 0.321 e. The van der Waals surface area contributed by atoms with Crippen LogP contribution in [0.1, 0.15) is 42.5 Å². The number of aromatic nitrogens is 2. The van der Waals surface area contributed by atoms with Gasteiger partial charge in [0.25, 0.3) is 5.91 Å². The highest BCUT2D eigenvalue weighted by molar-refractivity contribution is 7.89. The molecule has 0 saturated carbocycles. The fourth-order valence-corrected chi connectivity index (χ4v) is 3.35. The van der Waals surface area contributed by atoms with E-state index in [1.165, 1.54) is 18.2 Å². The first-order valence-electron chi connectivity index (χ1n) is 9.10. The number of anilines is 1. The third-order valence-corrected chi connectivity index (χ3v) is 5.29. The van der Waals surface area contributed by atoms with E-state index in [0.29, 0.717) is 17.9 Å². The zero-order valence-corrected chi connectivity index (χ0v) is 17.4. The summed E-state index contributed by atoms with van der Waals surface area (Å²) in [6.07, 6.45) is 0. The van der Waals surface area contributed by atoms with Crippen molar-refractivity contribution in [3.63, 3.8) is 0 Å². The highest BCUT2D eigenvalue weighted by atomic mass is 32.2. The van der Waals surface area contributed by atoms with Crippen LogP contribution in [0.4, 0.5) is 5.69 Å². The fraction of sp³-hybridized carbons (Fsp3) is 0.238. The molecule has 0 aliphatic rings. The summed E-state index contributed by atoms with van der Waals surface area (Å²) in [4.78, 5) is 12.9. The second kappa shape index (κ2) is 7.81. The summed E-state index contributed by atoms with van der Waals surface area (Å²) in [6, 6.07) is 17.3. The lowest BCUT2D eigenvalue weighted by molar-refractivity contribution is 0.101. The second-order valence-corrected chi connectivity index (χ2v) is 9.40. The maximum atomic E-state index is 13.0. The zero-order chi connectivity index (χ0) is 21.2. The van der Waals surface area contributed by atoms with E-state index in [9.17, 15) is 13.2 Å². The Morgan fingerprint density at radius 3 is 2.38 bits per heavy atom. The molecular weight excluding hydrogens is 388 g/mol. The molecule has 0 bridgehead atoms. The van der Waals surface area contributed by atoms with Crippen LogP contribution >= 0.6 is 0 Å². The molecule has 3 N–H and O–H groups in total. The molecule has 152 valence electrons. The number of primary sulfonamides is 1. The quantitative estimate of drug-likeness (QED) is 0.671. The molecule has 0 spiro atoms. The Bertz CT molecular complexity index is 1130. The number of nitrogens with one attached hydrogen (secondary N) is 1. The number of nitrogens with zero attached hydrogens (tertiary/aromatic N) is 2. The standard InChI is InChI=1S/C21H24N4O3S/c1-21(2,3)19-13-18(25(24-19)14-15-8-5-4-6-9-15)20(26)23-16-10-7-11-17(12-16)29(22,27)28/h4-13H,14H2,1-3H3,(H,23,26)(H2,22,27,28). The molecule has 0 aliphatic heterocycles. The molecule has 7 nitrogen and oxygen atoms in total. The number of amides is 1. The summed E-state index contributed by atoms with van der Waals surface area (Å²) < 4.78 is 24.8. The topological polar surface area (TPSA) is 107 Å². The number of nitrogens with two attached hydrogens (primary N) is 1. The van der Waals surface area contributed by atoms with Gasteiger partial charge in [-0.3, -0.25) is 9.48 Å². The van der Waals surface area contributed by atoms with Crippen molar-refractivity contribution in [1.29, 1.82) is 0 Å². The van der Waals surface area contributed by atoms with E-state index in [2.05, 4.69) is 10.4 Å². The summed E-state index contributed by atoms with van der Waals surface area (Å²) in [6.45, 7) is 6.52. The summed E-state index contributed by atoms with van der Waals surface area (Å²) in [5.41, 5.74) is 2.30. The Morgan fingerprint density at radius 1 is 1.07 bits per heavy atom. The van der Waals surface area contributed by atoms with Gasteiger partial charge in [-0.25, -0.2) is 13.6 Å². The predicted molar refractivity (Wildman–Crippen MR) is 112 cm³/mol. The van der Waals surface area contributed by atoms with Gasteiger partial charge in [-0.15, -0.1) is 0 Å². The van der Waals surface area contributed by atoms with Gasteiger partial charge in [-0.2, -0.15) is 5.10 Å². The van der Waals surface area contributed by atoms with Crippen molar-refractivity contribution in [2.24, 2.45) is 5.14 Å². The van der Waals surface area contributed by atoms with Crippen molar-refractivity contribution in [3.05, 3.63) is 77.6 Å². The van der Waals surface area contributed by atoms with Gasteiger partial charge in [0.15, 0.2) is 0 Å². The maximum Gasteiger partial charge on any atom is 0.273 e. The molecule has 0 radical (unpaired) electrons. The normalized spacial score (nSPS) is 12.0. The van der Waals surface area contributed by atoms with Crippen LogP contribution in [0.15, 0.2) is 65.6 Å². The molecule has 3 rings (SSSR count). The van der Waals surface area contributed by atoms with Crippen LogP contribution < -0.4 is 10.5 Å². The van der Waals surface area contributed by atoms with Gasteiger partial charge in [0, 0.05) is 11.1 Å². The predicted octanol–water partition coefficient (Wildman–Crippen LogP) is 3.13. The lowest BCUT2D eigenvalue weighted by Crippen LogP contribution is -2.19. The Labute approximate surface area is 170 Å². The van der Waals surface area contributed by atoms with Crippen molar-refractivity contribution in [2.75, 3.05) is 5.32 Å². The van der Waals surface area contributed by atoms with Gasteiger partial charge in [0.05, 0.1) is 17.1 Å². The monoisotopic (exact) mass is 412 g/mol. The Hall–Kier alpha value is -2.97. The Balaban J connectivity index is 1.94. The zero-order valence-electron chi connectivity index (χ0n) is 16.6. The molecule has 1 heterocycles. The number of rotatable bonds is 5. The number of hydrogen-bond acceptors (Lipinski definition) is 4. The molecule has 1 amide bonds. The summed E-state index contributed by atoms with van der Waals surface area (Å²) in [5, 5.41) is 12.6. The Morgan fingerprint density at radius 2 is 1.76 bits per heavy atom. The number of benzene rings is 2. The van der Waals surface area contributed by atoms with Crippen molar-refractivity contribution < 1.29 is 13.2 Å². The first-order chi connectivity index (χ1) is 13.5. The second-order valence-electron chi connectivity index (χ2n) is 7.84. The molecule has 0 unspecified atom stereocenters. The molecule has 2 aromatic carbocycles. The van der Waals surface area contributed by atoms with Crippen LogP contribution in [0.3, 0.4) is 0 Å². The molecular formula is C21H24N4O3S. The number of carbonyl (C=O) groups excluding carboxylic acids is 1. The Kier molecular flexibility index (Phi) is 5.59. The van der Waals surface area contributed by atoms with E-state index in [4.69, 9.17) is 5.14 Å². The summed E-state index contributed by atoms with van der Waals surface area (Å²) in [7, 11) is -3.86. The fourth-order valence-electron chi connectivity index (χ4n) is 2.79. The van der Waals surface area contributed by atoms with E-state index >= 15 is 0 Å². The summed E-state index contributed by atoms with van der Waals surface area (Å²) >= 11 is 0. The number of sulfonamides is 1. The van der Waals surface area contributed by atoms with Gasteiger partial charge in [0.1, 0.15) is 5.69 Å². The number of carbonyl (C=O) groups is 1. The molecule has 0 aliphatic carbocycles. The van der Waals surface area contributed by atoms with Crippen molar-refractivity contribution in [2.45, 2.75) is 37.6 Å². The van der Waals surface area contributed by atoms with Crippen molar-refractivity contribution in [1.82, 2.24) is 9.78 Å². The van der Waals surface area contributed by atoms with Crippen LogP contribution in [0.2, 0.25) is 0 Å². The first-order valence-corrected chi connectivity index (χ1v) is 10.6. The van der Waals surface area contributed by atoms with Gasteiger partial charge in [-0.05, 0) is 29.8 Å². The van der Waals surface area contributed by atoms with E-state index in [-0.39, 0.29) is 16.2 Å². The third-order valence-electron chi connectivity index (χ3n) is 4.38. The highest BCUT2D eigenvalue weighted by Crippen LogP contribution is 2.23. The van der Waals surface area contributed by atoms with Crippen LogP contribution in [0, 0.1) is 0 Å². The molecule has 3 aromatic rings. The van der Waals surface area contributed by atoms with Crippen LogP contribution in [0.5, 0.6) is 0 Å². The smallest absolute Gasteiger partial charge is 0.273 e. The maximum absolute atomic E-state index is 13.0. The molecule has 1 aromatic heterocycles. The van der Waals surface area contributed by atoms with E-state index in [1.54, 1.807) is 16.8 Å². The van der Waals surface area contributed by atoms with Gasteiger partial charge < -0.3 is 5.32 Å². The highest BCUT2D eigenvalue weighted by Gasteiger charge is 2.23. The molecule has 0 saturated heterocycles. The molecule has 0 fully saturated rings. The SMILES string of the molecule is CC(C)(C)c1cc(C(=O)Nc2cccc(S(N)(=O)=O)c2)n(Cc2ccccc2)n1. The molecule has 8 heteroatoms. The summed E-state index contributed by atoms with van der Waals surface area (Å²) in [5.74, 6) is -0.379. The minimum atomic E-state index is -3.86. The number of hydrogen-bond donors (Lipinski definition) is 2. The third kappa shape index (κ3) is 5.10. The first kappa shape index (κ1) is 20.8. The van der Waals surface area contributed by atoms with E-state index < -0.39 is 10.0 Å². The van der Waals surface area contributed by atoms with Gasteiger partial charge in [-0.1, -0.05) is 57.2 Å². The van der Waals surface area contributed by atoms with Crippen LogP contribution in [-0.4, -0.2) is 24.1 Å². The van der Waals surface area contributed by atoms with Crippen molar-refractivity contribution >= 4 is 21.6 Å². The van der Waals surface area contributed by atoms with E-state index in [1.807, 2.05) is 51.1 Å². The minimum absolute atomic E-state index is 0.0662. The molecule has 0 atom stereocenters. The van der Waals surface area contributed by atoms with Crippen LogP contribution in [-0.2, 0) is 22.0 Å². The minimum Gasteiger partial charge on any atom is -0.321 e. The lowest BCUT2D eigenvalue weighted by Gasteiger charge is -2.14. The average molecular weight is 413 g/mol. The lowest BCUT2D eigenvalue weighted by atomic mass is 9.92. The van der Waals surface area contributed by atoms with Crippen molar-refractivity contribution in [3.8, 4) is 0 Å². The van der Waals surface area contributed by atoms with Crippen LogP contribution in [0.25, 0.3) is 0 Å². The van der Waals surface area contributed by atoms with E-state index in [0.717, 1.165) is 11.3 Å².